The Balaban J connectivity index is 3.98. The van der Waals surface area contributed by atoms with Crippen molar-refractivity contribution >= 4 is 6.09 Å². The van der Waals surface area contributed by atoms with E-state index in [0.29, 0.717) is 33.0 Å². The van der Waals surface area contributed by atoms with Crippen LogP contribution in [-0.2, 0) is 14.2 Å². The molecule has 0 aliphatic rings. The molecule has 0 aromatic carbocycles. The van der Waals surface area contributed by atoms with E-state index in [2.05, 4.69) is 62.5 Å². The molecule has 0 radical (unpaired) electrons. The van der Waals surface area contributed by atoms with Crippen LogP contribution in [0.25, 0.3) is 0 Å². The zero-order valence-electron chi connectivity index (χ0n) is 35.4. The van der Waals surface area contributed by atoms with Crippen molar-refractivity contribution in [3.8, 4) is 0 Å². The van der Waals surface area contributed by atoms with Crippen LogP contribution in [0.1, 0.15) is 206 Å². The highest BCUT2D eigenvalue weighted by atomic mass is 16.6. The van der Waals surface area contributed by atoms with Crippen molar-refractivity contribution in [2.24, 2.45) is 0 Å². The van der Waals surface area contributed by atoms with Gasteiger partial charge in [0.15, 0.2) is 6.10 Å². The molecule has 0 spiro atoms. The number of ether oxygens (including phenoxy) is 3. The summed E-state index contributed by atoms with van der Waals surface area (Å²) < 4.78 is 17.7. The van der Waals surface area contributed by atoms with Crippen LogP contribution >= 0.6 is 0 Å². The van der Waals surface area contributed by atoms with Gasteiger partial charge in [0.05, 0.1) is 13.2 Å². The third kappa shape index (κ3) is 43.0. The van der Waals surface area contributed by atoms with Crippen molar-refractivity contribution in [1.82, 2.24) is 10.2 Å². The van der Waals surface area contributed by atoms with Gasteiger partial charge in [0.2, 0.25) is 0 Å². The van der Waals surface area contributed by atoms with Gasteiger partial charge in [0.25, 0.3) is 0 Å². The Labute approximate surface area is 325 Å². The Hall–Kier alpha value is -1.37. The van der Waals surface area contributed by atoms with Crippen LogP contribution < -0.4 is 5.32 Å². The van der Waals surface area contributed by atoms with Crippen LogP contribution in [0.5, 0.6) is 0 Å². The molecular weight excluding hydrogens is 645 g/mol. The minimum absolute atomic E-state index is 0.364. The summed E-state index contributed by atoms with van der Waals surface area (Å²) in [7, 11) is 4.14. The predicted molar refractivity (Wildman–Crippen MR) is 227 cm³/mol. The number of carbonyl (C=O) groups is 1. The summed E-state index contributed by atoms with van der Waals surface area (Å²) >= 11 is 0. The summed E-state index contributed by atoms with van der Waals surface area (Å²) in [5, 5.41) is 2.91. The summed E-state index contributed by atoms with van der Waals surface area (Å²) in [6.45, 7) is 8.42. The van der Waals surface area contributed by atoms with Crippen molar-refractivity contribution in [3.05, 3.63) is 24.3 Å². The first-order chi connectivity index (χ1) is 25.6. The van der Waals surface area contributed by atoms with E-state index >= 15 is 0 Å². The maximum Gasteiger partial charge on any atom is 0.407 e. The summed E-state index contributed by atoms with van der Waals surface area (Å²) in [4.78, 5) is 14.6. The molecule has 0 aromatic heterocycles. The standard InChI is InChI=1S/C46H90N2O4/c1-5-7-9-11-13-15-17-19-21-23-25-27-29-31-33-37-41-50-43-45(52-46(49)47-39-35-36-40-48(3)4)44-51-42-38-34-32-30-28-26-24-22-20-18-16-14-12-10-8-6-2/h19-22,45H,5-18,23-44H2,1-4H3,(H,47,49). The third-order valence-electron chi connectivity index (χ3n) is 9.78. The number of hydrogen-bond acceptors (Lipinski definition) is 5. The topological polar surface area (TPSA) is 60.0 Å². The lowest BCUT2D eigenvalue weighted by Crippen LogP contribution is -2.35. The van der Waals surface area contributed by atoms with Crippen molar-refractivity contribution < 1.29 is 19.0 Å². The second-order valence-corrected chi connectivity index (χ2v) is 15.5. The number of allylic oxidation sites excluding steroid dienone is 4. The number of unbranched alkanes of at least 4 members (excludes halogenated alkanes) is 25. The van der Waals surface area contributed by atoms with Crippen LogP contribution in [0.15, 0.2) is 24.3 Å². The van der Waals surface area contributed by atoms with E-state index in [9.17, 15) is 4.79 Å². The van der Waals surface area contributed by atoms with Gasteiger partial charge in [-0.05, 0) is 97.7 Å². The maximum absolute atomic E-state index is 12.5. The van der Waals surface area contributed by atoms with Gasteiger partial charge in [-0.25, -0.2) is 4.79 Å². The number of amides is 1. The van der Waals surface area contributed by atoms with E-state index in [1.807, 2.05) is 0 Å². The maximum atomic E-state index is 12.5. The Morgan fingerprint density at radius 3 is 1.25 bits per heavy atom. The summed E-state index contributed by atoms with van der Waals surface area (Å²) in [5.74, 6) is 0. The van der Waals surface area contributed by atoms with Crippen molar-refractivity contribution in [2.45, 2.75) is 213 Å². The van der Waals surface area contributed by atoms with E-state index in [4.69, 9.17) is 14.2 Å². The fraction of sp³-hybridized carbons (Fsp3) is 0.891. The minimum Gasteiger partial charge on any atom is -0.441 e. The molecule has 1 N–H and O–H groups in total. The molecular formula is C46H90N2O4. The van der Waals surface area contributed by atoms with Gasteiger partial charge in [0, 0.05) is 19.8 Å². The minimum atomic E-state index is -0.370. The molecule has 52 heavy (non-hydrogen) atoms. The highest BCUT2D eigenvalue weighted by molar-refractivity contribution is 5.67. The lowest BCUT2D eigenvalue weighted by molar-refractivity contribution is -0.0292. The van der Waals surface area contributed by atoms with Gasteiger partial charge in [-0.1, -0.05) is 154 Å². The average molecular weight is 735 g/mol. The average Bonchev–Trinajstić information content (AvgIpc) is 3.13. The lowest BCUT2D eigenvalue weighted by Gasteiger charge is -2.19. The summed E-state index contributed by atoms with van der Waals surface area (Å²) in [6.07, 6.45) is 47.2. The number of rotatable bonds is 42. The van der Waals surface area contributed by atoms with Gasteiger partial charge in [-0.2, -0.15) is 0 Å². The van der Waals surface area contributed by atoms with Crippen LogP contribution in [0.2, 0.25) is 0 Å². The first-order valence-corrected chi connectivity index (χ1v) is 22.6. The van der Waals surface area contributed by atoms with Gasteiger partial charge in [-0.3, -0.25) is 0 Å². The van der Waals surface area contributed by atoms with Crippen LogP contribution in [-0.4, -0.2) is 70.7 Å². The molecule has 308 valence electrons. The molecule has 0 heterocycles. The number of nitrogens with zero attached hydrogens (tertiary/aromatic N) is 1. The Kier molecular flexibility index (Phi) is 42.9. The fourth-order valence-corrected chi connectivity index (χ4v) is 6.39. The third-order valence-corrected chi connectivity index (χ3v) is 9.78. The van der Waals surface area contributed by atoms with Crippen molar-refractivity contribution in [2.75, 3.05) is 53.6 Å². The van der Waals surface area contributed by atoms with Crippen molar-refractivity contribution in [1.29, 1.82) is 0 Å². The Morgan fingerprint density at radius 2 is 0.865 bits per heavy atom. The van der Waals surface area contributed by atoms with Gasteiger partial charge >= 0.3 is 6.09 Å². The second kappa shape index (κ2) is 44.0. The summed E-state index contributed by atoms with van der Waals surface area (Å²) in [5.41, 5.74) is 0. The Morgan fingerprint density at radius 1 is 0.500 bits per heavy atom. The number of carbonyl (C=O) groups excluding carboxylic acids is 1. The zero-order valence-corrected chi connectivity index (χ0v) is 35.4. The molecule has 0 fully saturated rings. The highest BCUT2D eigenvalue weighted by Crippen LogP contribution is 2.12. The van der Waals surface area contributed by atoms with Crippen LogP contribution in [0, 0.1) is 0 Å². The lowest BCUT2D eigenvalue weighted by atomic mass is 10.1. The molecule has 0 aliphatic carbocycles. The largest absolute Gasteiger partial charge is 0.441 e. The molecule has 0 saturated carbocycles. The molecule has 6 nitrogen and oxygen atoms in total. The molecule has 0 aromatic rings. The molecule has 0 rings (SSSR count). The molecule has 0 unspecified atom stereocenters. The fourth-order valence-electron chi connectivity index (χ4n) is 6.39. The number of alkyl carbamates (subject to hydrolysis) is 1. The highest BCUT2D eigenvalue weighted by Gasteiger charge is 2.15. The zero-order chi connectivity index (χ0) is 37.8. The molecule has 0 atom stereocenters. The molecule has 0 aliphatic heterocycles. The van der Waals surface area contributed by atoms with E-state index in [0.717, 1.165) is 32.2 Å². The van der Waals surface area contributed by atoms with Gasteiger partial charge < -0.3 is 24.4 Å². The predicted octanol–water partition coefficient (Wildman–Crippen LogP) is 13.5. The van der Waals surface area contributed by atoms with E-state index in [1.54, 1.807) is 0 Å². The normalized spacial score (nSPS) is 12.5. The summed E-state index contributed by atoms with van der Waals surface area (Å²) in [6, 6.07) is 0. The first-order valence-electron chi connectivity index (χ1n) is 22.6. The Bertz CT molecular complexity index is 711. The smallest absolute Gasteiger partial charge is 0.407 e. The molecule has 6 heteroatoms. The van der Waals surface area contributed by atoms with E-state index in [-0.39, 0.29) is 12.2 Å². The molecule has 0 bridgehead atoms. The van der Waals surface area contributed by atoms with E-state index < -0.39 is 0 Å². The van der Waals surface area contributed by atoms with Gasteiger partial charge in [0.1, 0.15) is 0 Å². The second-order valence-electron chi connectivity index (χ2n) is 15.5. The van der Waals surface area contributed by atoms with Crippen LogP contribution in [0.3, 0.4) is 0 Å². The van der Waals surface area contributed by atoms with Gasteiger partial charge in [-0.15, -0.1) is 0 Å². The number of nitrogens with one attached hydrogen (secondary N) is 1. The molecule has 0 saturated heterocycles. The SMILES string of the molecule is CCCCCCCCC=CCCCCCCCCOCC(COCCCCCCCCC=CCCCCCCCC)OC(=O)NCCCCN(C)C. The van der Waals surface area contributed by atoms with Crippen molar-refractivity contribution in [3.63, 3.8) is 0 Å². The van der Waals surface area contributed by atoms with E-state index in [1.165, 1.54) is 167 Å². The number of hydrogen-bond donors (Lipinski definition) is 1. The quantitative estimate of drug-likeness (QED) is 0.0500. The van der Waals surface area contributed by atoms with Crippen LogP contribution in [0.4, 0.5) is 4.79 Å². The first kappa shape index (κ1) is 50.6. The molecule has 1 amide bonds. The monoisotopic (exact) mass is 735 g/mol.